The van der Waals surface area contributed by atoms with Crippen LogP contribution in [0.1, 0.15) is 10.4 Å². The number of carbonyl (C=O) groups excluding carboxylic acids is 2. The molecule has 2 aliphatic heterocycles. The molecule has 2 heterocycles. The van der Waals surface area contributed by atoms with Crippen LogP contribution in [0.2, 0.25) is 0 Å². The van der Waals surface area contributed by atoms with Gasteiger partial charge in [0.25, 0.3) is 5.91 Å². The van der Waals surface area contributed by atoms with Crippen LogP contribution >= 0.6 is 0 Å². The molecule has 118 valence electrons. The summed E-state index contributed by atoms with van der Waals surface area (Å²) in [5.41, 5.74) is 1.27. The summed E-state index contributed by atoms with van der Waals surface area (Å²) in [6, 6.07) is 6.94. The molecule has 0 saturated carbocycles. The molecule has 3 amide bonds. The lowest BCUT2D eigenvalue weighted by Gasteiger charge is -2.18. The summed E-state index contributed by atoms with van der Waals surface area (Å²) in [5.74, 6) is 1.22. The number of hydrogen-bond donors (Lipinski definition) is 2. The molecular weight excluding hydrogens is 280 g/mol. The second-order valence-electron chi connectivity index (χ2n) is 6.29. The minimum Gasteiger partial charge on any atom is -0.338 e. The van der Waals surface area contributed by atoms with Gasteiger partial charge in [0.05, 0.1) is 0 Å². The Bertz CT molecular complexity index is 575. The summed E-state index contributed by atoms with van der Waals surface area (Å²) in [6.45, 7) is 3.66. The summed E-state index contributed by atoms with van der Waals surface area (Å²) in [5, 5.41) is 6.15. The Balaban J connectivity index is 1.69. The van der Waals surface area contributed by atoms with Crippen LogP contribution in [0.25, 0.3) is 0 Å². The fourth-order valence-electron chi connectivity index (χ4n) is 3.17. The van der Waals surface area contributed by atoms with E-state index in [0.717, 1.165) is 26.2 Å². The van der Waals surface area contributed by atoms with E-state index < -0.39 is 0 Å². The van der Waals surface area contributed by atoms with E-state index in [4.69, 9.17) is 0 Å². The van der Waals surface area contributed by atoms with Gasteiger partial charge in [-0.1, -0.05) is 6.07 Å². The van der Waals surface area contributed by atoms with E-state index in [0.29, 0.717) is 23.1 Å². The number of fused-ring (bicyclic) bond motifs is 1. The molecule has 0 unspecified atom stereocenters. The third kappa shape index (κ3) is 2.92. The quantitative estimate of drug-likeness (QED) is 0.859. The van der Waals surface area contributed by atoms with Crippen molar-refractivity contribution < 1.29 is 9.59 Å². The van der Waals surface area contributed by atoms with Gasteiger partial charge in [-0.15, -0.1) is 0 Å². The average Bonchev–Trinajstić information content (AvgIpc) is 3.07. The highest BCUT2D eigenvalue weighted by molar-refractivity contribution is 5.97. The Morgan fingerprint density at radius 2 is 1.91 bits per heavy atom. The van der Waals surface area contributed by atoms with Crippen LogP contribution < -0.4 is 10.6 Å². The highest BCUT2D eigenvalue weighted by Gasteiger charge is 2.38. The van der Waals surface area contributed by atoms with Gasteiger partial charge >= 0.3 is 6.03 Å². The summed E-state index contributed by atoms with van der Waals surface area (Å²) < 4.78 is 0. The van der Waals surface area contributed by atoms with Gasteiger partial charge in [-0.05, 0) is 30.0 Å². The van der Waals surface area contributed by atoms with Gasteiger partial charge in [-0.25, -0.2) is 4.79 Å². The first kappa shape index (κ1) is 14.8. The number of benzene rings is 1. The van der Waals surface area contributed by atoms with Crippen molar-refractivity contribution in [3.8, 4) is 0 Å². The van der Waals surface area contributed by atoms with E-state index in [-0.39, 0.29) is 11.9 Å². The van der Waals surface area contributed by atoms with Crippen LogP contribution in [0.3, 0.4) is 0 Å². The summed E-state index contributed by atoms with van der Waals surface area (Å²) in [7, 11) is 3.36. The average molecular weight is 302 g/mol. The van der Waals surface area contributed by atoms with E-state index in [9.17, 15) is 9.59 Å². The smallest absolute Gasteiger partial charge is 0.321 e. The van der Waals surface area contributed by atoms with Crippen molar-refractivity contribution in [3.63, 3.8) is 0 Å². The zero-order valence-electron chi connectivity index (χ0n) is 13.0. The molecule has 2 N–H and O–H groups in total. The van der Waals surface area contributed by atoms with Crippen molar-refractivity contribution in [1.82, 2.24) is 15.1 Å². The maximum Gasteiger partial charge on any atom is 0.321 e. The van der Waals surface area contributed by atoms with E-state index in [2.05, 4.69) is 10.6 Å². The third-order valence-electron chi connectivity index (χ3n) is 4.44. The fourth-order valence-corrected chi connectivity index (χ4v) is 3.17. The molecule has 2 atom stereocenters. The Kier molecular flexibility index (Phi) is 4.02. The van der Waals surface area contributed by atoms with Gasteiger partial charge < -0.3 is 20.4 Å². The molecule has 1 aromatic carbocycles. The number of likely N-dealkylation sites (tertiary alicyclic amines) is 1. The summed E-state index contributed by atoms with van der Waals surface area (Å²) in [6.07, 6.45) is 0. The lowest BCUT2D eigenvalue weighted by atomic mass is 10.0. The number of anilines is 1. The first-order chi connectivity index (χ1) is 10.5. The molecule has 2 aliphatic rings. The molecule has 1 aromatic rings. The predicted octanol–water partition coefficient (Wildman–Crippen LogP) is 1.07. The molecule has 6 nitrogen and oxygen atoms in total. The number of nitrogens with one attached hydrogen (secondary N) is 2. The fraction of sp³-hybridized carbons (Fsp3) is 0.500. The normalized spacial score (nSPS) is 23.3. The van der Waals surface area contributed by atoms with Crippen LogP contribution in [0.4, 0.5) is 10.5 Å². The van der Waals surface area contributed by atoms with Crippen molar-refractivity contribution in [3.05, 3.63) is 29.8 Å². The predicted molar refractivity (Wildman–Crippen MR) is 84.9 cm³/mol. The van der Waals surface area contributed by atoms with Gasteiger partial charge in [0.1, 0.15) is 0 Å². The van der Waals surface area contributed by atoms with Crippen molar-refractivity contribution in [2.45, 2.75) is 0 Å². The Morgan fingerprint density at radius 3 is 2.55 bits per heavy atom. The van der Waals surface area contributed by atoms with Crippen LogP contribution in [0, 0.1) is 11.8 Å². The zero-order chi connectivity index (χ0) is 15.7. The number of hydrogen-bond acceptors (Lipinski definition) is 3. The maximum atomic E-state index is 12.6. The minimum absolute atomic E-state index is 0.0513. The lowest BCUT2D eigenvalue weighted by Crippen LogP contribution is -2.32. The zero-order valence-corrected chi connectivity index (χ0v) is 13.0. The van der Waals surface area contributed by atoms with Crippen molar-refractivity contribution in [2.24, 2.45) is 11.8 Å². The van der Waals surface area contributed by atoms with Gasteiger partial charge in [-0.2, -0.15) is 0 Å². The molecule has 0 radical (unpaired) electrons. The Hall–Kier alpha value is -2.08. The highest BCUT2D eigenvalue weighted by Crippen LogP contribution is 2.27. The molecule has 6 heteroatoms. The Morgan fingerprint density at radius 1 is 1.23 bits per heavy atom. The highest BCUT2D eigenvalue weighted by atomic mass is 16.2. The second-order valence-corrected chi connectivity index (χ2v) is 6.29. The number of rotatable bonds is 2. The first-order valence-electron chi connectivity index (χ1n) is 7.63. The molecule has 0 aromatic heterocycles. The van der Waals surface area contributed by atoms with Gasteiger partial charge in [0, 0.05) is 51.5 Å². The van der Waals surface area contributed by atoms with Crippen LogP contribution in [-0.4, -0.2) is 62.0 Å². The van der Waals surface area contributed by atoms with Crippen molar-refractivity contribution >= 4 is 17.6 Å². The largest absolute Gasteiger partial charge is 0.338 e. The third-order valence-corrected chi connectivity index (χ3v) is 4.44. The van der Waals surface area contributed by atoms with Gasteiger partial charge in [0.15, 0.2) is 0 Å². The first-order valence-corrected chi connectivity index (χ1v) is 7.63. The lowest BCUT2D eigenvalue weighted by molar-refractivity contribution is 0.0781. The monoisotopic (exact) mass is 302 g/mol. The standard InChI is InChI=1S/C16H22N4O2/c1-19(2)16(22)18-14-5-3-4-11(6-14)15(21)20-9-12-7-17-8-13(12)10-20/h3-6,12-13,17H,7-10H2,1-2H3,(H,18,22)/t12-,13+. The molecule has 0 aliphatic carbocycles. The molecule has 3 rings (SSSR count). The second kappa shape index (κ2) is 5.96. The summed E-state index contributed by atoms with van der Waals surface area (Å²) >= 11 is 0. The number of amides is 3. The van der Waals surface area contributed by atoms with E-state index in [1.165, 1.54) is 4.90 Å². The molecule has 0 bridgehead atoms. The molecule has 22 heavy (non-hydrogen) atoms. The van der Waals surface area contributed by atoms with E-state index in [1.807, 2.05) is 4.90 Å². The number of urea groups is 1. The molecular formula is C16H22N4O2. The minimum atomic E-state index is -0.202. The van der Waals surface area contributed by atoms with Crippen LogP contribution in [-0.2, 0) is 0 Å². The topological polar surface area (TPSA) is 64.7 Å². The Labute approximate surface area is 130 Å². The maximum absolute atomic E-state index is 12.6. The number of nitrogens with zero attached hydrogens (tertiary/aromatic N) is 2. The van der Waals surface area contributed by atoms with Gasteiger partial charge in [0.2, 0.25) is 0 Å². The van der Waals surface area contributed by atoms with E-state index >= 15 is 0 Å². The van der Waals surface area contributed by atoms with Gasteiger partial charge in [-0.3, -0.25) is 4.79 Å². The van der Waals surface area contributed by atoms with Crippen LogP contribution in [0.5, 0.6) is 0 Å². The molecule has 2 saturated heterocycles. The molecule has 2 fully saturated rings. The number of carbonyl (C=O) groups is 2. The van der Waals surface area contributed by atoms with Crippen molar-refractivity contribution in [2.75, 3.05) is 45.6 Å². The van der Waals surface area contributed by atoms with Crippen LogP contribution in [0.15, 0.2) is 24.3 Å². The van der Waals surface area contributed by atoms with Crippen molar-refractivity contribution in [1.29, 1.82) is 0 Å². The van der Waals surface area contributed by atoms with E-state index in [1.54, 1.807) is 38.4 Å². The summed E-state index contributed by atoms with van der Waals surface area (Å²) in [4.78, 5) is 27.7. The molecule has 0 spiro atoms. The SMILES string of the molecule is CN(C)C(=O)Nc1cccc(C(=O)N2C[C@H]3CNC[C@H]3C2)c1.